The van der Waals surface area contributed by atoms with E-state index in [2.05, 4.69) is 43.5 Å². The molecule has 2 aliphatic heterocycles. The molecule has 2 aromatic rings. The van der Waals surface area contributed by atoms with E-state index in [1.165, 1.54) is 14.6 Å². The van der Waals surface area contributed by atoms with E-state index >= 15 is 0 Å². The molecule has 1 N–H and O–H groups in total. The summed E-state index contributed by atoms with van der Waals surface area (Å²) in [7, 11) is 0. The van der Waals surface area contributed by atoms with Crippen molar-refractivity contribution in [1.82, 2.24) is 9.97 Å². The molecule has 6 heteroatoms. The van der Waals surface area contributed by atoms with Crippen LogP contribution in [0.3, 0.4) is 0 Å². The zero-order chi connectivity index (χ0) is 13.6. The summed E-state index contributed by atoms with van der Waals surface area (Å²) in [6.07, 6.45) is 5.79. The number of hydrogen-bond donors (Lipinski definition) is 1. The second-order valence-corrected chi connectivity index (χ2v) is 6.48. The van der Waals surface area contributed by atoms with Gasteiger partial charge in [0.25, 0.3) is 0 Å². The minimum atomic E-state index is -0.309. The number of nitrogens with one attached hydrogen (secondary N) is 1. The minimum absolute atomic E-state index is 0.309. The van der Waals surface area contributed by atoms with Crippen molar-refractivity contribution in [2.45, 2.75) is 18.6 Å². The average molecular weight is 385 g/mol. The fourth-order valence-electron chi connectivity index (χ4n) is 3.02. The lowest BCUT2D eigenvalue weighted by molar-refractivity contribution is -0.169. The Morgan fingerprint density at radius 1 is 1.25 bits per heavy atom. The Balaban J connectivity index is 1.56. The van der Waals surface area contributed by atoms with Gasteiger partial charge in [-0.2, -0.15) is 0 Å². The van der Waals surface area contributed by atoms with Crippen molar-refractivity contribution in [3.8, 4) is 0 Å². The van der Waals surface area contributed by atoms with Crippen LogP contribution in [0.4, 0.5) is 5.69 Å². The molecule has 0 saturated carbocycles. The first-order chi connectivity index (χ1) is 9.76. The summed E-state index contributed by atoms with van der Waals surface area (Å²) in [5.74, 6) is -0.309. The molecule has 4 rings (SSSR count). The van der Waals surface area contributed by atoms with Crippen molar-refractivity contribution in [2.24, 2.45) is 0 Å². The predicted octanol–water partition coefficient (Wildman–Crippen LogP) is 2.51. The van der Waals surface area contributed by atoms with Crippen molar-refractivity contribution in [1.29, 1.82) is 0 Å². The maximum Gasteiger partial charge on any atom is 0.171 e. The van der Waals surface area contributed by atoms with Gasteiger partial charge >= 0.3 is 0 Å². The molecule has 5 nitrogen and oxygen atoms in total. The first-order valence-electron chi connectivity index (χ1n) is 6.91. The number of hydrogen-bond acceptors (Lipinski definition) is 4. The minimum Gasteiger partial charge on any atom is -0.370 e. The number of anilines is 1. The smallest absolute Gasteiger partial charge is 0.171 e. The molecular formula is C14H16IN3O2. The lowest BCUT2D eigenvalue weighted by atomic mass is 10.0. The van der Waals surface area contributed by atoms with E-state index in [9.17, 15) is 0 Å². The Bertz CT molecular complexity index is 626. The highest BCUT2D eigenvalue weighted by Crippen LogP contribution is 2.33. The summed E-state index contributed by atoms with van der Waals surface area (Å²) in [6.45, 7) is 3.37. The number of pyridine rings is 1. The van der Waals surface area contributed by atoms with E-state index in [-0.39, 0.29) is 5.79 Å². The van der Waals surface area contributed by atoms with E-state index in [1.807, 2.05) is 12.4 Å². The molecule has 2 aromatic heterocycles. The van der Waals surface area contributed by atoms with Gasteiger partial charge in [-0.1, -0.05) is 0 Å². The quantitative estimate of drug-likeness (QED) is 0.767. The molecule has 2 aliphatic rings. The monoisotopic (exact) mass is 385 g/mol. The number of fused-ring (bicyclic) bond motifs is 1. The lowest BCUT2D eigenvalue weighted by Crippen LogP contribution is -2.45. The number of aromatic amines is 1. The summed E-state index contributed by atoms with van der Waals surface area (Å²) >= 11 is 2.34. The third kappa shape index (κ3) is 2.10. The van der Waals surface area contributed by atoms with E-state index in [4.69, 9.17) is 9.47 Å². The molecule has 4 heterocycles. The number of ether oxygens (including phenoxy) is 2. The zero-order valence-corrected chi connectivity index (χ0v) is 13.2. The molecule has 0 aliphatic carbocycles. The maximum absolute atomic E-state index is 5.77. The van der Waals surface area contributed by atoms with Gasteiger partial charge in [0, 0.05) is 41.1 Å². The van der Waals surface area contributed by atoms with Gasteiger partial charge in [-0.3, -0.25) is 0 Å². The summed E-state index contributed by atoms with van der Waals surface area (Å²) < 4.78 is 12.8. The molecule has 0 aromatic carbocycles. The van der Waals surface area contributed by atoms with Gasteiger partial charge < -0.3 is 19.4 Å². The molecule has 0 atom stereocenters. The third-order valence-electron chi connectivity index (χ3n) is 4.17. The average Bonchev–Trinajstić information content (AvgIpc) is 3.08. The topological polar surface area (TPSA) is 50.4 Å². The Labute approximate surface area is 130 Å². The SMILES string of the molecule is Ic1c[nH]c2ncc(N3CCC4(CC3)OCCO4)cc12. The van der Waals surface area contributed by atoms with Crippen LogP contribution in [0.25, 0.3) is 11.0 Å². The summed E-state index contributed by atoms with van der Waals surface area (Å²) in [5, 5.41) is 1.19. The van der Waals surface area contributed by atoms with Crippen LogP contribution in [0.5, 0.6) is 0 Å². The number of piperidine rings is 1. The van der Waals surface area contributed by atoms with Crippen LogP contribution in [0.15, 0.2) is 18.5 Å². The summed E-state index contributed by atoms with van der Waals surface area (Å²) in [5.41, 5.74) is 2.14. The van der Waals surface area contributed by atoms with Gasteiger partial charge in [0.05, 0.1) is 25.1 Å². The Morgan fingerprint density at radius 2 is 2.00 bits per heavy atom. The molecule has 0 bridgehead atoms. The number of aromatic nitrogens is 2. The van der Waals surface area contributed by atoms with Gasteiger partial charge in [0.1, 0.15) is 5.65 Å². The van der Waals surface area contributed by atoms with Gasteiger partial charge in [0.15, 0.2) is 5.79 Å². The van der Waals surface area contributed by atoms with Crippen LogP contribution in [0.1, 0.15) is 12.8 Å². The number of halogens is 1. The molecule has 0 amide bonds. The molecule has 20 heavy (non-hydrogen) atoms. The highest BCUT2D eigenvalue weighted by Gasteiger charge is 2.39. The van der Waals surface area contributed by atoms with Crippen LogP contribution in [-0.4, -0.2) is 42.1 Å². The van der Waals surface area contributed by atoms with Crippen LogP contribution in [0.2, 0.25) is 0 Å². The largest absolute Gasteiger partial charge is 0.370 e. The Morgan fingerprint density at radius 3 is 2.75 bits per heavy atom. The van der Waals surface area contributed by atoms with Gasteiger partial charge in [0.2, 0.25) is 0 Å². The fraction of sp³-hybridized carbons (Fsp3) is 0.500. The van der Waals surface area contributed by atoms with Crippen molar-refractivity contribution < 1.29 is 9.47 Å². The van der Waals surface area contributed by atoms with Crippen molar-refractivity contribution in [3.63, 3.8) is 0 Å². The standard InChI is InChI=1S/C14H16IN3O2/c15-12-9-17-13-11(12)7-10(8-16-13)18-3-1-14(2-4-18)19-5-6-20-14/h7-9H,1-6H2,(H,16,17). The number of nitrogens with zero attached hydrogens (tertiary/aromatic N) is 2. The molecule has 106 valence electrons. The van der Waals surface area contributed by atoms with Crippen LogP contribution in [0, 0.1) is 3.57 Å². The number of H-pyrrole nitrogens is 1. The maximum atomic E-state index is 5.77. The van der Waals surface area contributed by atoms with Crippen molar-refractivity contribution in [2.75, 3.05) is 31.2 Å². The van der Waals surface area contributed by atoms with Gasteiger partial charge in [-0.15, -0.1) is 0 Å². The summed E-state index contributed by atoms with van der Waals surface area (Å²) in [6, 6.07) is 2.22. The zero-order valence-electron chi connectivity index (χ0n) is 11.1. The number of rotatable bonds is 1. The highest BCUT2D eigenvalue weighted by atomic mass is 127. The van der Waals surface area contributed by atoms with E-state index < -0.39 is 0 Å². The van der Waals surface area contributed by atoms with Crippen LogP contribution >= 0.6 is 22.6 Å². The molecule has 0 radical (unpaired) electrons. The van der Waals surface area contributed by atoms with E-state index in [0.29, 0.717) is 0 Å². The fourth-order valence-corrected chi connectivity index (χ4v) is 3.59. The second kappa shape index (κ2) is 4.85. The lowest BCUT2D eigenvalue weighted by Gasteiger charge is -2.38. The van der Waals surface area contributed by atoms with Gasteiger partial charge in [-0.25, -0.2) is 4.98 Å². The first-order valence-corrected chi connectivity index (χ1v) is 7.99. The first kappa shape index (κ1) is 12.8. The van der Waals surface area contributed by atoms with E-state index in [0.717, 1.165) is 44.8 Å². The summed E-state index contributed by atoms with van der Waals surface area (Å²) in [4.78, 5) is 10.0. The van der Waals surface area contributed by atoms with E-state index in [1.54, 1.807) is 0 Å². The van der Waals surface area contributed by atoms with Gasteiger partial charge in [-0.05, 0) is 28.7 Å². The molecule has 0 unspecified atom stereocenters. The second-order valence-electron chi connectivity index (χ2n) is 5.32. The van der Waals surface area contributed by atoms with Crippen molar-refractivity contribution >= 4 is 39.3 Å². The molecular weight excluding hydrogens is 369 g/mol. The molecule has 1 spiro atoms. The Hall–Kier alpha value is -0.860. The Kier molecular flexibility index (Phi) is 3.12. The molecule has 2 fully saturated rings. The predicted molar refractivity (Wildman–Crippen MR) is 84.9 cm³/mol. The van der Waals surface area contributed by atoms with Crippen LogP contribution < -0.4 is 4.90 Å². The third-order valence-corrected chi connectivity index (χ3v) is 5.06. The molecule has 2 saturated heterocycles. The normalized spacial score (nSPS) is 21.9. The van der Waals surface area contributed by atoms with Crippen molar-refractivity contribution in [3.05, 3.63) is 22.0 Å². The van der Waals surface area contributed by atoms with Crippen LogP contribution in [-0.2, 0) is 9.47 Å². The highest BCUT2D eigenvalue weighted by molar-refractivity contribution is 14.1.